The van der Waals surface area contributed by atoms with Crippen LogP contribution in [0.1, 0.15) is 36.0 Å². The van der Waals surface area contributed by atoms with Gasteiger partial charge in [0.1, 0.15) is 12.1 Å². The first-order chi connectivity index (χ1) is 15.5. The molecule has 2 aliphatic rings. The fourth-order valence-electron chi connectivity index (χ4n) is 3.47. The Bertz CT molecular complexity index is 1200. The first-order valence-electron chi connectivity index (χ1n) is 10.5. The van der Waals surface area contributed by atoms with Crippen LogP contribution in [-0.2, 0) is 11.8 Å². The molecule has 3 heterocycles. The Labute approximate surface area is 184 Å². The van der Waals surface area contributed by atoms with E-state index >= 15 is 0 Å². The number of aryl methyl sites for hydroxylation is 1. The molecule has 0 aliphatic heterocycles. The minimum Gasteiger partial charge on any atom is -0.492 e. The summed E-state index contributed by atoms with van der Waals surface area (Å²) in [5.74, 6) is 1.78. The Morgan fingerprint density at radius 3 is 2.56 bits per heavy atom. The van der Waals surface area contributed by atoms with Crippen molar-refractivity contribution in [2.75, 3.05) is 17.7 Å². The van der Waals surface area contributed by atoms with E-state index in [0.29, 0.717) is 40.0 Å². The molecule has 2 fully saturated rings. The molecule has 0 saturated heterocycles. The predicted molar refractivity (Wildman–Crippen MR) is 117 cm³/mol. The van der Waals surface area contributed by atoms with Gasteiger partial charge in [0.05, 0.1) is 23.9 Å². The SMILES string of the molecule is COc1c(-c2ncn(C)n2)ccnc1Nc1cc(NC(=O)C2CC2)ncc1C(=O)C1CC1. The molecule has 2 N–H and O–H groups in total. The van der Waals surface area contributed by atoms with Crippen molar-refractivity contribution in [3.63, 3.8) is 0 Å². The fraction of sp³-hybridized carbons (Fsp3) is 0.364. The van der Waals surface area contributed by atoms with E-state index in [1.54, 1.807) is 43.5 Å². The maximum absolute atomic E-state index is 12.9. The second-order valence-corrected chi connectivity index (χ2v) is 8.12. The Balaban J connectivity index is 1.51. The minimum absolute atomic E-state index is 0.0168. The molecule has 164 valence electrons. The summed E-state index contributed by atoms with van der Waals surface area (Å²) in [6.07, 6.45) is 8.28. The highest BCUT2D eigenvalue weighted by Gasteiger charge is 2.33. The molecule has 0 atom stereocenters. The van der Waals surface area contributed by atoms with Crippen LogP contribution < -0.4 is 15.4 Å². The summed E-state index contributed by atoms with van der Waals surface area (Å²) in [7, 11) is 3.33. The van der Waals surface area contributed by atoms with Crippen molar-refractivity contribution in [3.05, 3.63) is 36.4 Å². The topological polar surface area (TPSA) is 124 Å². The molecule has 0 radical (unpaired) electrons. The maximum Gasteiger partial charge on any atom is 0.228 e. The van der Waals surface area contributed by atoms with E-state index in [1.807, 2.05) is 0 Å². The number of Topliss-reactive ketones (excluding diaryl/α,β-unsaturated/α-hetero) is 1. The smallest absolute Gasteiger partial charge is 0.228 e. The molecule has 10 nitrogen and oxygen atoms in total. The summed E-state index contributed by atoms with van der Waals surface area (Å²) >= 11 is 0. The fourth-order valence-corrected chi connectivity index (χ4v) is 3.47. The number of carbonyl (C=O) groups excluding carboxylic acids is 2. The zero-order chi connectivity index (χ0) is 22.2. The van der Waals surface area contributed by atoms with Gasteiger partial charge in [-0.2, -0.15) is 5.10 Å². The normalized spacial score (nSPS) is 15.3. The van der Waals surface area contributed by atoms with Crippen molar-refractivity contribution in [1.29, 1.82) is 0 Å². The minimum atomic E-state index is -0.0522. The van der Waals surface area contributed by atoms with Crippen LogP contribution in [0.25, 0.3) is 11.4 Å². The number of aromatic nitrogens is 5. The van der Waals surface area contributed by atoms with E-state index in [0.717, 1.165) is 25.7 Å². The molecular weight excluding hydrogens is 410 g/mol. The quantitative estimate of drug-likeness (QED) is 0.520. The number of amides is 1. The molecule has 3 aromatic heterocycles. The van der Waals surface area contributed by atoms with E-state index in [-0.39, 0.29) is 23.5 Å². The van der Waals surface area contributed by atoms with Crippen LogP contribution in [0.5, 0.6) is 5.75 Å². The number of carbonyl (C=O) groups is 2. The van der Waals surface area contributed by atoms with Crippen molar-refractivity contribution in [3.8, 4) is 17.1 Å². The molecule has 0 aromatic carbocycles. The molecule has 0 unspecified atom stereocenters. The van der Waals surface area contributed by atoms with Crippen LogP contribution in [0.15, 0.2) is 30.9 Å². The number of pyridine rings is 2. The number of ketones is 1. The van der Waals surface area contributed by atoms with E-state index in [9.17, 15) is 9.59 Å². The lowest BCUT2D eigenvalue weighted by molar-refractivity contribution is -0.117. The van der Waals surface area contributed by atoms with Crippen molar-refractivity contribution < 1.29 is 14.3 Å². The average Bonchev–Trinajstić information content (AvgIpc) is 3.71. The number of rotatable bonds is 8. The van der Waals surface area contributed by atoms with Gasteiger partial charge in [0.25, 0.3) is 0 Å². The van der Waals surface area contributed by atoms with E-state index in [2.05, 4.69) is 30.7 Å². The summed E-state index contributed by atoms with van der Waals surface area (Å²) in [4.78, 5) is 38.1. The largest absolute Gasteiger partial charge is 0.492 e. The molecule has 5 rings (SSSR count). The summed E-state index contributed by atoms with van der Waals surface area (Å²) in [6.45, 7) is 0. The summed E-state index contributed by atoms with van der Waals surface area (Å²) < 4.78 is 7.23. The van der Waals surface area contributed by atoms with Gasteiger partial charge in [-0.1, -0.05) is 0 Å². The third-order valence-electron chi connectivity index (χ3n) is 5.52. The van der Waals surface area contributed by atoms with Gasteiger partial charge in [0, 0.05) is 37.3 Å². The average molecular weight is 433 g/mol. The molecule has 3 aromatic rings. The van der Waals surface area contributed by atoms with Gasteiger partial charge in [0.15, 0.2) is 23.2 Å². The first kappa shape index (κ1) is 20.1. The summed E-state index contributed by atoms with van der Waals surface area (Å²) in [5.41, 5.74) is 1.64. The number of anilines is 3. The molecular formula is C22H23N7O3. The number of hydrogen-bond donors (Lipinski definition) is 2. The van der Waals surface area contributed by atoms with Gasteiger partial charge >= 0.3 is 0 Å². The summed E-state index contributed by atoms with van der Waals surface area (Å²) in [5, 5.41) is 10.4. The van der Waals surface area contributed by atoms with Crippen LogP contribution in [0.3, 0.4) is 0 Å². The van der Waals surface area contributed by atoms with Crippen LogP contribution in [0.4, 0.5) is 17.3 Å². The highest BCUT2D eigenvalue weighted by atomic mass is 16.5. The Hall–Kier alpha value is -3.82. The van der Waals surface area contributed by atoms with Crippen LogP contribution >= 0.6 is 0 Å². The number of hydrogen-bond acceptors (Lipinski definition) is 8. The van der Waals surface area contributed by atoms with E-state index in [1.165, 1.54) is 6.20 Å². The van der Waals surface area contributed by atoms with E-state index in [4.69, 9.17) is 4.74 Å². The Morgan fingerprint density at radius 2 is 1.91 bits per heavy atom. The van der Waals surface area contributed by atoms with E-state index < -0.39 is 0 Å². The van der Waals surface area contributed by atoms with Crippen molar-refractivity contribution in [2.24, 2.45) is 18.9 Å². The second-order valence-electron chi connectivity index (χ2n) is 8.12. The van der Waals surface area contributed by atoms with Gasteiger partial charge in [-0.25, -0.2) is 15.0 Å². The lowest BCUT2D eigenvalue weighted by atomic mass is 10.1. The number of nitrogens with one attached hydrogen (secondary N) is 2. The van der Waals surface area contributed by atoms with Crippen molar-refractivity contribution >= 4 is 29.0 Å². The number of methoxy groups -OCH3 is 1. The zero-order valence-corrected chi connectivity index (χ0v) is 17.8. The highest BCUT2D eigenvalue weighted by molar-refractivity contribution is 6.05. The third kappa shape index (κ3) is 4.03. The molecule has 2 aliphatic carbocycles. The van der Waals surface area contributed by atoms with Gasteiger partial charge in [-0.05, 0) is 31.7 Å². The first-order valence-corrected chi connectivity index (χ1v) is 10.5. The molecule has 10 heteroatoms. The lowest BCUT2D eigenvalue weighted by Gasteiger charge is -2.16. The molecule has 2 saturated carbocycles. The van der Waals surface area contributed by atoms with Crippen molar-refractivity contribution in [1.82, 2.24) is 24.7 Å². The summed E-state index contributed by atoms with van der Waals surface area (Å²) in [6, 6.07) is 3.44. The van der Waals surface area contributed by atoms with Gasteiger partial charge in [-0.3, -0.25) is 14.3 Å². The third-order valence-corrected chi connectivity index (χ3v) is 5.52. The standard InChI is InChI=1S/C22H23N7O3/c1-29-11-25-20(28-29)14-7-8-23-21(19(14)32-2)26-16-9-17(27-22(31)13-5-6-13)24-10-15(16)18(30)12-3-4-12/h7-13H,3-6H2,1-2H3,(H2,23,24,26,27,31). The molecule has 1 amide bonds. The number of ether oxygens (including phenoxy) is 1. The van der Waals surface area contributed by atoms with Gasteiger partial charge < -0.3 is 15.4 Å². The second kappa shape index (κ2) is 8.03. The Morgan fingerprint density at radius 1 is 1.12 bits per heavy atom. The van der Waals surface area contributed by atoms with Crippen molar-refractivity contribution in [2.45, 2.75) is 25.7 Å². The monoisotopic (exact) mass is 433 g/mol. The Kier molecular flexibility index (Phi) is 5.04. The molecule has 0 spiro atoms. The predicted octanol–water partition coefficient (Wildman–Crippen LogP) is 2.97. The van der Waals surface area contributed by atoms with Crippen LogP contribution in [0.2, 0.25) is 0 Å². The molecule has 0 bridgehead atoms. The van der Waals surface area contributed by atoms with Crippen LogP contribution in [-0.4, -0.2) is 43.5 Å². The van der Waals surface area contributed by atoms with Gasteiger partial charge in [0.2, 0.25) is 5.91 Å². The highest BCUT2D eigenvalue weighted by Crippen LogP contribution is 2.39. The van der Waals surface area contributed by atoms with Gasteiger partial charge in [-0.15, -0.1) is 0 Å². The number of nitrogens with zero attached hydrogens (tertiary/aromatic N) is 5. The zero-order valence-electron chi connectivity index (χ0n) is 17.8. The lowest BCUT2D eigenvalue weighted by Crippen LogP contribution is -2.15. The maximum atomic E-state index is 12.9. The molecule has 32 heavy (non-hydrogen) atoms. The van der Waals surface area contributed by atoms with Crippen LogP contribution in [0, 0.1) is 11.8 Å².